The van der Waals surface area contributed by atoms with Crippen molar-refractivity contribution < 1.29 is 19.8 Å². The summed E-state index contributed by atoms with van der Waals surface area (Å²) >= 11 is 0. The Morgan fingerprint density at radius 1 is 0.682 bits per heavy atom. The van der Waals surface area contributed by atoms with Gasteiger partial charge in [0.15, 0.2) is 0 Å². The standard InChI is InChI=1S/C18H18O4/c19-17(20)15(13-7-3-1-4-8-13)11-12-16(18(21)22)14-9-5-2-6-10-14/h1-10,15-16H,11-12H2,(H,19,20)(H,21,22)/t15-,16+. The maximum atomic E-state index is 11.5. The lowest BCUT2D eigenvalue weighted by molar-refractivity contribution is -0.141. The van der Waals surface area contributed by atoms with Crippen molar-refractivity contribution in [1.29, 1.82) is 0 Å². The highest BCUT2D eigenvalue weighted by Crippen LogP contribution is 2.28. The molecular formula is C18H18O4. The first kappa shape index (κ1) is 15.8. The zero-order valence-corrected chi connectivity index (χ0v) is 12.1. The van der Waals surface area contributed by atoms with Crippen molar-refractivity contribution in [3.8, 4) is 0 Å². The second-order valence-corrected chi connectivity index (χ2v) is 5.18. The fourth-order valence-electron chi connectivity index (χ4n) is 2.57. The number of carboxylic acid groups (broad SMARTS) is 2. The van der Waals surface area contributed by atoms with E-state index >= 15 is 0 Å². The van der Waals surface area contributed by atoms with Gasteiger partial charge in [-0.05, 0) is 24.0 Å². The molecule has 0 bridgehead atoms. The monoisotopic (exact) mass is 298 g/mol. The van der Waals surface area contributed by atoms with Gasteiger partial charge in [-0.2, -0.15) is 0 Å². The zero-order chi connectivity index (χ0) is 15.9. The van der Waals surface area contributed by atoms with Crippen LogP contribution >= 0.6 is 0 Å². The minimum absolute atomic E-state index is 0.283. The van der Waals surface area contributed by atoms with Crippen LogP contribution < -0.4 is 0 Å². The first-order chi connectivity index (χ1) is 10.6. The van der Waals surface area contributed by atoms with Crippen molar-refractivity contribution in [3.05, 3.63) is 71.8 Å². The molecule has 0 heterocycles. The van der Waals surface area contributed by atoms with E-state index in [-0.39, 0.29) is 12.8 Å². The fourth-order valence-corrected chi connectivity index (χ4v) is 2.57. The SMILES string of the molecule is O=C(O)[C@@H](CC[C@@H](C(=O)O)c1ccccc1)c1ccccc1. The van der Waals surface area contributed by atoms with Crippen molar-refractivity contribution in [2.24, 2.45) is 0 Å². The number of hydrogen-bond acceptors (Lipinski definition) is 2. The largest absolute Gasteiger partial charge is 0.481 e. The van der Waals surface area contributed by atoms with Gasteiger partial charge in [-0.25, -0.2) is 0 Å². The molecule has 2 rings (SSSR count). The lowest BCUT2D eigenvalue weighted by Crippen LogP contribution is -2.16. The van der Waals surface area contributed by atoms with Crippen LogP contribution in [0.5, 0.6) is 0 Å². The molecule has 0 spiro atoms. The molecule has 0 fully saturated rings. The molecule has 2 aromatic rings. The van der Waals surface area contributed by atoms with Crippen LogP contribution in [0.3, 0.4) is 0 Å². The Morgan fingerprint density at radius 3 is 1.27 bits per heavy atom. The third-order valence-corrected chi connectivity index (χ3v) is 3.74. The summed E-state index contributed by atoms with van der Waals surface area (Å²) < 4.78 is 0. The number of rotatable bonds is 7. The molecule has 4 heteroatoms. The maximum absolute atomic E-state index is 11.5. The quantitative estimate of drug-likeness (QED) is 0.820. The predicted molar refractivity (Wildman–Crippen MR) is 82.9 cm³/mol. The highest BCUT2D eigenvalue weighted by atomic mass is 16.4. The normalized spacial score (nSPS) is 13.3. The van der Waals surface area contributed by atoms with Crippen LogP contribution in [0.25, 0.3) is 0 Å². The lowest BCUT2D eigenvalue weighted by Gasteiger charge is -2.17. The minimum atomic E-state index is -0.927. The molecule has 0 aliphatic carbocycles. The topological polar surface area (TPSA) is 74.6 Å². The molecule has 0 aliphatic rings. The van der Waals surface area contributed by atoms with Crippen LogP contribution in [-0.4, -0.2) is 22.2 Å². The number of carbonyl (C=O) groups is 2. The van der Waals surface area contributed by atoms with Gasteiger partial charge in [0.2, 0.25) is 0 Å². The Kier molecular flexibility index (Phi) is 5.31. The Hall–Kier alpha value is -2.62. The van der Waals surface area contributed by atoms with Crippen LogP contribution in [0.1, 0.15) is 35.8 Å². The third kappa shape index (κ3) is 3.95. The summed E-state index contributed by atoms with van der Waals surface area (Å²) in [7, 11) is 0. The fraction of sp³-hybridized carbons (Fsp3) is 0.222. The van der Waals surface area contributed by atoms with E-state index in [4.69, 9.17) is 0 Å². The first-order valence-electron chi connectivity index (χ1n) is 7.15. The molecule has 0 radical (unpaired) electrons. The van der Waals surface area contributed by atoms with Crippen LogP contribution in [0.4, 0.5) is 0 Å². The molecule has 0 saturated heterocycles. The average molecular weight is 298 g/mol. The Balaban J connectivity index is 2.14. The smallest absolute Gasteiger partial charge is 0.310 e. The van der Waals surface area contributed by atoms with Crippen molar-refractivity contribution in [2.45, 2.75) is 24.7 Å². The summed E-state index contributed by atoms with van der Waals surface area (Å²) in [6.07, 6.45) is 0.566. The first-order valence-corrected chi connectivity index (χ1v) is 7.15. The summed E-state index contributed by atoms with van der Waals surface area (Å²) in [5.74, 6) is -3.23. The Morgan fingerprint density at radius 2 is 1.00 bits per heavy atom. The molecule has 0 aromatic heterocycles. The van der Waals surface area contributed by atoms with E-state index in [1.807, 2.05) is 12.1 Å². The van der Waals surface area contributed by atoms with E-state index in [1.54, 1.807) is 48.5 Å². The van der Waals surface area contributed by atoms with Gasteiger partial charge >= 0.3 is 11.9 Å². The maximum Gasteiger partial charge on any atom is 0.310 e. The number of carboxylic acids is 2. The molecule has 114 valence electrons. The molecule has 2 atom stereocenters. The van der Waals surface area contributed by atoms with Crippen LogP contribution in [0, 0.1) is 0 Å². The average Bonchev–Trinajstić information content (AvgIpc) is 2.52. The highest BCUT2D eigenvalue weighted by molar-refractivity contribution is 5.77. The third-order valence-electron chi connectivity index (χ3n) is 3.74. The van der Waals surface area contributed by atoms with E-state index < -0.39 is 23.8 Å². The number of benzene rings is 2. The van der Waals surface area contributed by atoms with Crippen molar-refractivity contribution >= 4 is 11.9 Å². The van der Waals surface area contributed by atoms with E-state index in [0.29, 0.717) is 11.1 Å². The van der Waals surface area contributed by atoms with Crippen molar-refractivity contribution in [1.82, 2.24) is 0 Å². The molecule has 22 heavy (non-hydrogen) atoms. The minimum Gasteiger partial charge on any atom is -0.481 e. The Labute approximate surface area is 129 Å². The number of hydrogen-bond donors (Lipinski definition) is 2. The molecule has 0 amide bonds. The second-order valence-electron chi connectivity index (χ2n) is 5.18. The van der Waals surface area contributed by atoms with Crippen LogP contribution in [0.2, 0.25) is 0 Å². The second kappa shape index (κ2) is 7.41. The van der Waals surface area contributed by atoms with E-state index in [9.17, 15) is 19.8 Å². The molecule has 2 N–H and O–H groups in total. The predicted octanol–water partition coefficient (Wildman–Crippen LogP) is 3.50. The van der Waals surface area contributed by atoms with E-state index in [0.717, 1.165) is 0 Å². The van der Waals surface area contributed by atoms with Gasteiger partial charge in [0.05, 0.1) is 11.8 Å². The summed E-state index contributed by atoms with van der Waals surface area (Å²) in [5, 5.41) is 18.8. The Bertz CT molecular complexity index is 565. The zero-order valence-electron chi connectivity index (χ0n) is 12.1. The van der Waals surface area contributed by atoms with Crippen molar-refractivity contribution in [2.75, 3.05) is 0 Å². The van der Waals surface area contributed by atoms with Gasteiger partial charge in [-0.3, -0.25) is 9.59 Å². The molecule has 4 nitrogen and oxygen atoms in total. The molecule has 2 aromatic carbocycles. The van der Waals surface area contributed by atoms with Crippen molar-refractivity contribution in [3.63, 3.8) is 0 Å². The lowest BCUT2D eigenvalue weighted by atomic mass is 9.87. The number of aliphatic carboxylic acids is 2. The van der Waals surface area contributed by atoms with Crippen LogP contribution in [0.15, 0.2) is 60.7 Å². The summed E-state index contributed by atoms with van der Waals surface area (Å²) in [6, 6.07) is 17.9. The summed E-state index contributed by atoms with van der Waals surface area (Å²) in [4.78, 5) is 22.9. The summed E-state index contributed by atoms with van der Waals surface area (Å²) in [5.41, 5.74) is 1.40. The molecule has 0 unspecified atom stereocenters. The van der Waals surface area contributed by atoms with Gasteiger partial charge in [0, 0.05) is 0 Å². The highest BCUT2D eigenvalue weighted by Gasteiger charge is 2.25. The molecule has 0 saturated carbocycles. The van der Waals surface area contributed by atoms with Gasteiger partial charge in [-0.1, -0.05) is 60.7 Å². The molecular weight excluding hydrogens is 280 g/mol. The van der Waals surface area contributed by atoms with Gasteiger partial charge < -0.3 is 10.2 Å². The molecule has 0 aliphatic heterocycles. The van der Waals surface area contributed by atoms with Gasteiger partial charge in [-0.15, -0.1) is 0 Å². The van der Waals surface area contributed by atoms with E-state index in [1.165, 1.54) is 0 Å². The van der Waals surface area contributed by atoms with Gasteiger partial charge in [0.25, 0.3) is 0 Å². The van der Waals surface area contributed by atoms with Crippen LogP contribution in [-0.2, 0) is 9.59 Å². The summed E-state index contributed by atoms with van der Waals surface area (Å²) in [6.45, 7) is 0. The van der Waals surface area contributed by atoms with E-state index in [2.05, 4.69) is 0 Å². The van der Waals surface area contributed by atoms with Gasteiger partial charge in [0.1, 0.15) is 0 Å².